The predicted octanol–water partition coefficient (Wildman–Crippen LogP) is 10.8. The topological polar surface area (TPSA) is 160 Å². The van der Waals surface area contributed by atoms with Crippen LogP contribution in [0, 0.1) is 13.8 Å². The molecule has 4 atom stereocenters. The summed E-state index contributed by atoms with van der Waals surface area (Å²) in [6.07, 6.45) is 33.2. The molecule has 3 unspecified atom stereocenters. The van der Waals surface area contributed by atoms with Crippen LogP contribution in [0.5, 0.6) is 0 Å². The van der Waals surface area contributed by atoms with Gasteiger partial charge in [0.2, 0.25) is 0 Å². The second kappa shape index (κ2) is 31.4. The lowest BCUT2D eigenvalue weighted by atomic mass is 10.0. The molecular formula is C45H76NO10P. The van der Waals surface area contributed by atoms with Crippen molar-refractivity contribution in [1.29, 1.82) is 0 Å². The van der Waals surface area contributed by atoms with Crippen LogP contribution in [0.4, 0.5) is 0 Å². The minimum Gasteiger partial charge on any atom is -0.466 e. The van der Waals surface area contributed by atoms with Crippen LogP contribution < -0.4 is 5.73 Å². The van der Waals surface area contributed by atoms with Crippen LogP contribution in [0.25, 0.3) is 0 Å². The fourth-order valence-corrected chi connectivity index (χ4v) is 7.30. The first-order chi connectivity index (χ1) is 27.6. The summed E-state index contributed by atoms with van der Waals surface area (Å²) in [5, 5.41) is 0. The Bertz CT molecular complexity index is 1370. The zero-order valence-corrected chi connectivity index (χ0v) is 36.6. The van der Waals surface area contributed by atoms with Crippen LogP contribution >= 0.6 is 7.82 Å². The molecule has 0 saturated carbocycles. The van der Waals surface area contributed by atoms with Crippen molar-refractivity contribution in [2.24, 2.45) is 5.73 Å². The number of hydrogen-bond acceptors (Lipinski definition) is 10. The third-order valence-electron chi connectivity index (χ3n) is 10.1. The molecule has 1 aliphatic rings. The van der Waals surface area contributed by atoms with Gasteiger partial charge >= 0.3 is 19.8 Å². The van der Waals surface area contributed by atoms with E-state index in [9.17, 15) is 19.0 Å². The third-order valence-corrected chi connectivity index (χ3v) is 11.1. The van der Waals surface area contributed by atoms with E-state index in [2.05, 4.69) is 64.2 Å². The minimum atomic E-state index is -4.41. The quantitative estimate of drug-likeness (QED) is 0.0218. The second-order valence-electron chi connectivity index (χ2n) is 15.2. The van der Waals surface area contributed by atoms with Crippen molar-refractivity contribution in [3.8, 4) is 0 Å². The number of nitrogens with two attached hydrogens (primary N) is 1. The van der Waals surface area contributed by atoms with Gasteiger partial charge in [0.05, 0.1) is 25.4 Å². The third kappa shape index (κ3) is 24.9. The Kier molecular flexibility index (Phi) is 27.9. The summed E-state index contributed by atoms with van der Waals surface area (Å²) < 4.78 is 44.7. The molecule has 0 aliphatic carbocycles. The molecule has 1 aliphatic heterocycles. The van der Waals surface area contributed by atoms with Gasteiger partial charge in [-0.3, -0.25) is 18.6 Å². The van der Waals surface area contributed by atoms with Crippen molar-refractivity contribution >= 4 is 19.8 Å². The maximum Gasteiger partial charge on any atom is 0.472 e. The molecule has 0 bridgehead atoms. The molecule has 326 valence electrons. The number of unbranched alkanes of at least 4 members (excludes halogenated alkanes) is 10. The molecule has 57 heavy (non-hydrogen) atoms. The molecule has 0 amide bonds. The molecular weight excluding hydrogens is 745 g/mol. The van der Waals surface area contributed by atoms with Crippen molar-refractivity contribution in [2.45, 2.75) is 187 Å². The van der Waals surface area contributed by atoms with Gasteiger partial charge < -0.3 is 29.3 Å². The molecule has 1 aromatic rings. The Hall–Kier alpha value is -2.53. The zero-order valence-electron chi connectivity index (χ0n) is 35.7. The summed E-state index contributed by atoms with van der Waals surface area (Å²) in [5.41, 5.74) is 7.97. The van der Waals surface area contributed by atoms with Gasteiger partial charge in [-0.25, -0.2) is 4.57 Å². The molecule has 12 heteroatoms. The molecule has 3 N–H and O–H groups in total. The van der Waals surface area contributed by atoms with E-state index in [0.717, 1.165) is 88.6 Å². The standard InChI is InChI=1S/C45H76NO10P/c1-5-7-8-9-10-11-12-13-14-18-21-24-29-42-43(56-42)30-26-32-45(48)54-39(36-53-57(49,50)52-34-33-46)35-51-44(47)31-25-22-19-16-15-17-20-23-28-41-38(4)37(3)40(55-41)27-6-2/h10-11,13-14,21,24,39,42-43H,5-9,12,15-20,22-23,25-36,46H2,1-4H3,(H,49,50)/b11-10-,14-13-,24-21-/t39-,42?,43?/m1/s1. The minimum absolute atomic E-state index is 0.0341. The summed E-state index contributed by atoms with van der Waals surface area (Å²) in [7, 11) is -4.41. The number of esters is 2. The molecule has 2 rings (SSSR count). The zero-order chi connectivity index (χ0) is 41.6. The number of ether oxygens (including phenoxy) is 3. The first-order valence-corrected chi connectivity index (χ1v) is 23.4. The molecule has 1 saturated heterocycles. The lowest BCUT2D eigenvalue weighted by Crippen LogP contribution is -2.29. The van der Waals surface area contributed by atoms with Gasteiger partial charge in [-0.1, -0.05) is 102 Å². The Morgan fingerprint density at radius 3 is 2.05 bits per heavy atom. The Morgan fingerprint density at radius 1 is 0.737 bits per heavy atom. The number of epoxide rings is 1. The lowest BCUT2D eigenvalue weighted by Gasteiger charge is -2.19. The number of rotatable bonds is 36. The first-order valence-electron chi connectivity index (χ1n) is 21.9. The van der Waals surface area contributed by atoms with E-state index in [0.29, 0.717) is 12.8 Å². The van der Waals surface area contributed by atoms with E-state index in [4.69, 9.17) is 33.4 Å². The molecule has 0 aromatic carbocycles. The number of phosphoric ester groups is 1. The van der Waals surface area contributed by atoms with Gasteiger partial charge in [-0.2, -0.15) is 0 Å². The average Bonchev–Trinajstić information content (AvgIpc) is 3.89. The molecule has 1 aromatic heterocycles. The van der Waals surface area contributed by atoms with Crippen LogP contribution in [-0.4, -0.2) is 61.5 Å². The lowest BCUT2D eigenvalue weighted by molar-refractivity contribution is -0.161. The average molecular weight is 822 g/mol. The van der Waals surface area contributed by atoms with Gasteiger partial charge in [-0.15, -0.1) is 0 Å². The smallest absolute Gasteiger partial charge is 0.466 e. The van der Waals surface area contributed by atoms with E-state index >= 15 is 0 Å². The van der Waals surface area contributed by atoms with E-state index in [-0.39, 0.29) is 44.8 Å². The molecule has 0 spiro atoms. The van der Waals surface area contributed by atoms with Crippen LogP contribution in [0.1, 0.15) is 165 Å². The van der Waals surface area contributed by atoms with E-state index in [1.54, 1.807) is 0 Å². The maximum atomic E-state index is 12.7. The van der Waals surface area contributed by atoms with Crippen LogP contribution in [0.15, 0.2) is 40.9 Å². The van der Waals surface area contributed by atoms with Crippen LogP contribution in [0.2, 0.25) is 0 Å². The maximum absolute atomic E-state index is 12.7. The first kappa shape index (κ1) is 50.6. The fourth-order valence-electron chi connectivity index (χ4n) is 6.53. The highest BCUT2D eigenvalue weighted by Gasteiger charge is 2.37. The number of phosphoric acid groups is 1. The summed E-state index contributed by atoms with van der Waals surface area (Å²) in [5.74, 6) is 1.36. The molecule has 0 radical (unpaired) electrons. The van der Waals surface area contributed by atoms with Crippen molar-refractivity contribution in [1.82, 2.24) is 0 Å². The highest BCUT2D eigenvalue weighted by Crippen LogP contribution is 2.43. The SMILES string of the molecule is CCCCC/C=C\C/C=C\C/C=C\CC1OC1CCCC(=O)O[C@H](COC(=O)CCCCCCCCCCc1oc(CCC)c(C)c1C)COP(=O)(O)OCCN. The Balaban J connectivity index is 1.59. The summed E-state index contributed by atoms with van der Waals surface area (Å²) in [6.45, 7) is 7.83. The molecule has 2 heterocycles. The van der Waals surface area contributed by atoms with Gasteiger partial charge in [0, 0.05) is 32.2 Å². The van der Waals surface area contributed by atoms with Crippen molar-refractivity contribution in [3.63, 3.8) is 0 Å². The normalized spacial score (nSPS) is 17.2. The summed E-state index contributed by atoms with van der Waals surface area (Å²) in [4.78, 5) is 35.1. The summed E-state index contributed by atoms with van der Waals surface area (Å²) in [6, 6.07) is 0. The predicted molar refractivity (Wildman–Crippen MR) is 227 cm³/mol. The Labute approximate surface area is 344 Å². The van der Waals surface area contributed by atoms with E-state index < -0.39 is 32.5 Å². The van der Waals surface area contributed by atoms with Gasteiger partial charge in [0.1, 0.15) is 18.1 Å². The fraction of sp³-hybridized carbons (Fsp3) is 0.733. The van der Waals surface area contributed by atoms with Gasteiger partial charge in [0.15, 0.2) is 6.10 Å². The van der Waals surface area contributed by atoms with Crippen molar-refractivity contribution in [3.05, 3.63) is 59.1 Å². The van der Waals surface area contributed by atoms with E-state index in [1.807, 2.05) is 0 Å². The van der Waals surface area contributed by atoms with Crippen LogP contribution in [0.3, 0.4) is 0 Å². The monoisotopic (exact) mass is 822 g/mol. The number of hydrogen-bond donors (Lipinski definition) is 2. The van der Waals surface area contributed by atoms with E-state index in [1.165, 1.54) is 49.7 Å². The largest absolute Gasteiger partial charge is 0.472 e. The number of carbonyl (C=O) groups excluding carboxylic acids is 2. The second-order valence-corrected chi connectivity index (χ2v) is 16.6. The van der Waals surface area contributed by atoms with Crippen LogP contribution in [-0.2, 0) is 50.3 Å². The van der Waals surface area contributed by atoms with Crippen molar-refractivity contribution in [2.75, 3.05) is 26.4 Å². The van der Waals surface area contributed by atoms with Gasteiger partial charge in [0.25, 0.3) is 0 Å². The highest BCUT2D eigenvalue weighted by atomic mass is 31.2. The number of aryl methyl sites for hydroxylation is 2. The Morgan fingerprint density at radius 2 is 1.37 bits per heavy atom. The molecule has 11 nitrogen and oxygen atoms in total. The number of furan rings is 1. The molecule has 1 fully saturated rings. The van der Waals surface area contributed by atoms with Crippen molar-refractivity contribution < 1.29 is 46.7 Å². The van der Waals surface area contributed by atoms with Gasteiger partial charge in [-0.05, 0) is 89.2 Å². The number of allylic oxidation sites excluding steroid dienone is 5. The summed E-state index contributed by atoms with van der Waals surface area (Å²) >= 11 is 0. The number of carbonyl (C=O) groups is 2. The highest BCUT2D eigenvalue weighted by molar-refractivity contribution is 7.47.